The minimum atomic E-state index is -4.26. The van der Waals surface area contributed by atoms with Crippen LogP contribution in [0.1, 0.15) is 50.7 Å². The molecule has 0 fully saturated rings. The van der Waals surface area contributed by atoms with Gasteiger partial charge in [0.15, 0.2) is 0 Å². The van der Waals surface area contributed by atoms with Gasteiger partial charge in [-0.15, -0.1) is 0 Å². The van der Waals surface area contributed by atoms with Gasteiger partial charge in [-0.25, -0.2) is 0 Å². The lowest BCUT2D eigenvalue weighted by atomic mass is 10.1. The van der Waals surface area contributed by atoms with E-state index in [4.69, 9.17) is 0 Å². The topological polar surface area (TPSA) is 15.3 Å². The number of hydrogen-bond acceptors (Lipinski definition) is 2. The van der Waals surface area contributed by atoms with E-state index >= 15 is 0 Å². The molecule has 0 aliphatic heterocycles. The molecule has 0 saturated heterocycles. The first-order valence-electron chi connectivity index (χ1n) is 8.56. The van der Waals surface area contributed by atoms with Crippen LogP contribution in [0.5, 0.6) is 0 Å². The minimum absolute atomic E-state index is 0.591. The summed E-state index contributed by atoms with van der Waals surface area (Å²) >= 11 is 0. The van der Waals surface area contributed by atoms with Crippen LogP contribution in [-0.4, -0.2) is 31.1 Å². The summed E-state index contributed by atoms with van der Waals surface area (Å²) in [6.45, 7) is 9.08. The maximum Gasteiger partial charge on any atom is 0.416 e. The predicted octanol–water partition coefficient (Wildman–Crippen LogP) is 4.70. The standard InChI is InChI=1S/C18H29F3N2/c1-3-5-12-23(13-6-4-2)14-11-22-15-16-7-9-17(10-8-16)18(19,20)21/h7-10,22H,3-6,11-15H2,1-2H3. The molecule has 1 rings (SSSR count). The fourth-order valence-electron chi connectivity index (χ4n) is 2.38. The quantitative estimate of drug-likeness (QED) is 0.592. The first kappa shape index (κ1) is 20.0. The molecule has 0 spiro atoms. The third-order valence-electron chi connectivity index (χ3n) is 3.87. The fraction of sp³-hybridized carbons (Fsp3) is 0.667. The van der Waals surface area contributed by atoms with E-state index in [1.165, 1.54) is 25.7 Å². The van der Waals surface area contributed by atoms with Crippen LogP contribution in [0.15, 0.2) is 24.3 Å². The second kappa shape index (κ2) is 10.7. The van der Waals surface area contributed by atoms with E-state index < -0.39 is 11.7 Å². The molecule has 1 aromatic rings. The lowest BCUT2D eigenvalue weighted by Crippen LogP contribution is -2.33. The molecule has 1 N–H and O–H groups in total. The maximum atomic E-state index is 12.5. The smallest absolute Gasteiger partial charge is 0.311 e. The van der Waals surface area contributed by atoms with Gasteiger partial charge in [0, 0.05) is 19.6 Å². The van der Waals surface area contributed by atoms with E-state index in [2.05, 4.69) is 24.1 Å². The first-order valence-corrected chi connectivity index (χ1v) is 8.56. The van der Waals surface area contributed by atoms with E-state index in [0.717, 1.165) is 43.9 Å². The highest BCUT2D eigenvalue weighted by molar-refractivity contribution is 5.24. The Hall–Kier alpha value is -1.07. The van der Waals surface area contributed by atoms with Gasteiger partial charge in [-0.1, -0.05) is 38.8 Å². The van der Waals surface area contributed by atoms with Crippen molar-refractivity contribution in [3.8, 4) is 0 Å². The van der Waals surface area contributed by atoms with Gasteiger partial charge < -0.3 is 10.2 Å². The van der Waals surface area contributed by atoms with E-state index in [1.807, 2.05) is 0 Å². The van der Waals surface area contributed by atoms with Gasteiger partial charge >= 0.3 is 6.18 Å². The molecule has 0 bridgehead atoms. The minimum Gasteiger partial charge on any atom is -0.311 e. The molecule has 0 aliphatic carbocycles. The van der Waals surface area contributed by atoms with Crippen molar-refractivity contribution in [1.82, 2.24) is 10.2 Å². The van der Waals surface area contributed by atoms with Crippen LogP contribution >= 0.6 is 0 Å². The van der Waals surface area contributed by atoms with Crippen LogP contribution in [0.25, 0.3) is 0 Å². The summed E-state index contributed by atoms with van der Waals surface area (Å²) < 4.78 is 37.5. The molecule has 0 aliphatic rings. The third-order valence-corrected chi connectivity index (χ3v) is 3.87. The molecule has 2 nitrogen and oxygen atoms in total. The highest BCUT2D eigenvalue weighted by atomic mass is 19.4. The maximum absolute atomic E-state index is 12.5. The van der Waals surface area contributed by atoms with Crippen LogP contribution < -0.4 is 5.32 Å². The number of nitrogens with one attached hydrogen (secondary N) is 1. The van der Waals surface area contributed by atoms with Crippen molar-refractivity contribution < 1.29 is 13.2 Å². The number of hydrogen-bond donors (Lipinski definition) is 1. The fourth-order valence-corrected chi connectivity index (χ4v) is 2.38. The Labute approximate surface area is 138 Å². The summed E-state index contributed by atoms with van der Waals surface area (Å²) in [4.78, 5) is 2.47. The number of rotatable bonds is 11. The average molecular weight is 330 g/mol. The van der Waals surface area contributed by atoms with Crippen LogP contribution in [0, 0.1) is 0 Å². The van der Waals surface area contributed by atoms with Crippen molar-refractivity contribution in [1.29, 1.82) is 0 Å². The SMILES string of the molecule is CCCCN(CCCC)CCNCc1ccc(C(F)(F)F)cc1. The highest BCUT2D eigenvalue weighted by Crippen LogP contribution is 2.28. The van der Waals surface area contributed by atoms with Crippen LogP contribution in [0.2, 0.25) is 0 Å². The van der Waals surface area contributed by atoms with Crippen molar-refractivity contribution in [2.45, 2.75) is 52.3 Å². The highest BCUT2D eigenvalue weighted by Gasteiger charge is 2.29. The second-order valence-electron chi connectivity index (χ2n) is 5.92. The first-order chi connectivity index (χ1) is 11.0. The van der Waals surface area contributed by atoms with Crippen molar-refractivity contribution in [2.75, 3.05) is 26.2 Å². The van der Waals surface area contributed by atoms with Gasteiger partial charge in [-0.3, -0.25) is 0 Å². The Morgan fingerprint density at radius 3 is 1.96 bits per heavy atom. The van der Waals surface area contributed by atoms with Gasteiger partial charge in [0.25, 0.3) is 0 Å². The van der Waals surface area contributed by atoms with E-state index in [1.54, 1.807) is 12.1 Å². The van der Waals surface area contributed by atoms with Crippen LogP contribution in [0.3, 0.4) is 0 Å². The summed E-state index contributed by atoms with van der Waals surface area (Å²) in [5, 5.41) is 3.32. The average Bonchev–Trinajstić information content (AvgIpc) is 2.53. The zero-order valence-corrected chi connectivity index (χ0v) is 14.3. The molecule has 0 atom stereocenters. The molecule has 23 heavy (non-hydrogen) atoms. The molecular formula is C18H29F3N2. The number of benzene rings is 1. The summed E-state index contributed by atoms with van der Waals surface area (Å²) in [6.07, 6.45) is 0.555. The summed E-state index contributed by atoms with van der Waals surface area (Å²) in [7, 11) is 0. The van der Waals surface area contributed by atoms with Crippen molar-refractivity contribution in [3.05, 3.63) is 35.4 Å². The third kappa shape index (κ3) is 8.37. The molecule has 1 aromatic carbocycles. The number of unbranched alkanes of at least 4 members (excludes halogenated alkanes) is 2. The Morgan fingerprint density at radius 2 is 1.48 bits per heavy atom. The van der Waals surface area contributed by atoms with Gasteiger partial charge in [-0.05, 0) is 43.6 Å². The predicted molar refractivity (Wildman–Crippen MR) is 89.4 cm³/mol. The summed E-state index contributed by atoms with van der Waals surface area (Å²) in [6, 6.07) is 5.38. The monoisotopic (exact) mass is 330 g/mol. The number of nitrogens with zero attached hydrogens (tertiary/aromatic N) is 1. The van der Waals surface area contributed by atoms with Crippen LogP contribution in [0.4, 0.5) is 13.2 Å². The normalized spacial score (nSPS) is 12.1. The Balaban J connectivity index is 2.31. The lowest BCUT2D eigenvalue weighted by Gasteiger charge is -2.22. The Morgan fingerprint density at radius 1 is 0.913 bits per heavy atom. The summed E-state index contributed by atoms with van der Waals surface area (Å²) in [5.41, 5.74) is 0.290. The molecule has 5 heteroatoms. The lowest BCUT2D eigenvalue weighted by molar-refractivity contribution is -0.137. The molecular weight excluding hydrogens is 301 g/mol. The Bertz CT molecular complexity index is 407. The van der Waals surface area contributed by atoms with E-state index in [0.29, 0.717) is 6.54 Å². The second-order valence-corrected chi connectivity index (χ2v) is 5.92. The van der Waals surface area contributed by atoms with Crippen molar-refractivity contribution >= 4 is 0 Å². The zero-order valence-electron chi connectivity index (χ0n) is 14.3. The molecule has 0 heterocycles. The van der Waals surface area contributed by atoms with E-state index in [-0.39, 0.29) is 0 Å². The number of halogens is 3. The Kier molecular flexibility index (Phi) is 9.26. The van der Waals surface area contributed by atoms with Gasteiger partial charge in [0.05, 0.1) is 5.56 Å². The number of alkyl halides is 3. The van der Waals surface area contributed by atoms with Crippen LogP contribution in [-0.2, 0) is 12.7 Å². The molecule has 132 valence electrons. The largest absolute Gasteiger partial charge is 0.416 e. The van der Waals surface area contributed by atoms with Gasteiger partial charge in [0.1, 0.15) is 0 Å². The molecule has 0 amide bonds. The summed E-state index contributed by atoms with van der Waals surface area (Å²) in [5.74, 6) is 0. The van der Waals surface area contributed by atoms with E-state index in [9.17, 15) is 13.2 Å². The zero-order chi connectivity index (χ0) is 17.1. The molecule has 0 radical (unpaired) electrons. The van der Waals surface area contributed by atoms with Crippen molar-refractivity contribution in [2.24, 2.45) is 0 Å². The van der Waals surface area contributed by atoms with Gasteiger partial charge in [0.2, 0.25) is 0 Å². The van der Waals surface area contributed by atoms with Gasteiger partial charge in [-0.2, -0.15) is 13.2 Å². The molecule has 0 saturated carbocycles. The molecule has 0 aromatic heterocycles. The molecule has 0 unspecified atom stereocenters. The van der Waals surface area contributed by atoms with Crippen molar-refractivity contribution in [3.63, 3.8) is 0 Å².